The van der Waals surface area contributed by atoms with Gasteiger partial charge < -0.3 is 5.32 Å². The zero-order valence-electron chi connectivity index (χ0n) is 10.9. The summed E-state index contributed by atoms with van der Waals surface area (Å²) < 4.78 is 0. The maximum Gasteiger partial charge on any atom is 0.235 e. The highest BCUT2D eigenvalue weighted by atomic mass is 16.2. The summed E-state index contributed by atoms with van der Waals surface area (Å²) in [6.45, 7) is 3.91. The Labute approximate surface area is 106 Å². The molecule has 1 aromatic heterocycles. The van der Waals surface area contributed by atoms with E-state index in [-0.39, 0.29) is 18.2 Å². The summed E-state index contributed by atoms with van der Waals surface area (Å²) in [6.07, 6.45) is 1.96. The number of likely N-dealkylation sites (tertiary alicyclic amines) is 1. The van der Waals surface area contributed by atoms with Gasteiger partial charge in [0.2, 0.25) is 11.8 Å². The van der Waals surface area contributed by atoms with Crippen molar-refractivity contribution in [3.8, 4) is 0 Å². The summed E-state index contributed by atoms with van der Waals surface area (Å²) in [4.78, 5) is 29.3. The maximum absolute atomic E-state index is 12.0. The molecule has 2 heterocycles. The second-order valence-electron chi connectivity index (χ2n) is 5.15. The van der Waals surface area contributed by atoms with Gasteiger partial charge in [-0.1, -0.05) is 19.9 Å². The molecule has 0 aromatic carbocycles. The second-order valence-corrected chi connectivity index (χ2v) is 5.15. The van der Waals surface area contributed by atoms with Gasteiger partial charge in [0.15, 0.2) is 0 Å². The third-order valence-electron chi connectivity index (χ3n) is 3.14. The van der Waals surface area contributed by atoms with Crippen LogP contribution >= 0.6 is 0 Å². The lowest BCUT2D eigenvalue weighted by molar-refractivity contribution is -0.141. The predicted molar refractivity (Wildman–Crippen MR) is 67.7 cm³/mol. The van der Waals surface area contributed by atoms with E-state index in [1.807, 2.05) is 12.1 Å². The van der Waals surface area contributed by atoms with Crippen molar-refractivity contribution in [2.75, 3.05) is 12.4 Å². The first-order valence-electron chi connectivity index (χ1n) is 5.91. The highest BCUT2D eigenvalue weighted by Crippen LogP contribution is 2.32. The van der Waals surface area contributed by atoms with Gasteiger partial charge in [0, 0.05) is 19.7 Å². The number of hydrogen-bond acceptors (Lipinski definition) is 4. The average Bonchev–Trinajstić information content (AvgIpc) is 2.52. The molecule has 0 aliphatic carbocycles. The number of hydrogen-bond donors (Lipinski definition) is 1. The van der Waals surface area contributed by atoms with Crippen LogP contribution in [0.25, 0.3) is 0 Å². The van der Waals surface area contributed by atoms with Crippen LogP contribution in [0.1, 0.15) is 25.8 Å². The predicted octanol–water partition coefficient (Wildman–Crippen LogP) is 1.41. The molecule has 0 bridgehead atoms. The summed E-state index contributed by atoms with van der Waals surface area (Å²) in [7, 11) is 1.79. The minimum atomic E-state index is -0.574. The lowest BCUT2D eigenvalue weighted by Crippen LogP contribution is -2.32. The summed E-state index contributed by atoms with van der Waals surface area (Å²) in [5, 5.41) is 2.92. The van der Waals surface area contributed by atoms with E-state index < -0.39 is 5.41 Å². The van der Waals surface area contributed by atoms with Crippen LogP contribution in [0.4, 0.5) is 5.82 Å². The number of pyridine rings is 1. The van der Waals surface area contributed by atoms with Crippen molar-refractivity contribution in [2.45, 2.75) is 26.8 Å². The summed E-state index contributed by atoms with van der Waals surface area (Å²) in [5.41, 5.74) is 0.281. The van der Waals surface area contributed by atoms with Crippen LogP contribution in [0, 0.1) is 5.41 Å². The fraction of sp³-hybridized carbons (Fsp3) is 0.462. The molecule has 96 valence electrons. The number of anilines is 1. The quantitative estimate of drug-likeness (QED) is 0.820. The number of carbonyl (C=O) groups excluding carboxylic acids is 2. The van der Waals surface area contributed by atoms with Gasteiger partial charge in [-0.3, -0.25) is 14.5 Å². The number of nitrogens with one attached hydrogen (secondary N) is 1. The Morgan fingerprint density at radius 2 is 2.11 bits per heavy atom. The van der Waals surface area contributed by atoms with Crippen LogP contribution in [0.15, 0.2) is 18.3 Å². The highest BCUT2D eigenvalue weighted by molar-refractivity contribution is 6.05. The third kappa shape index (κ3) is 2.20. The average molecular weight is 247 g/mol. The van der Waals surface area contributed by atoms with E-state index >= 15 is 0 Å². The lowest BCUT2D eigenvalue weighted by atomic mass is 9.92. The minimum Gasteiger partial charge on any atom is -0.373 e. The van der Waals surface area contributed by atoms with Crippen molar-refractivity contribution in [3.63, 3.8) is 0 Å². The standard InChI is InChI=1S/C13H17N3O2/c1-13(2)6-11(17)16(12(13)18)8-9-4-5-10(14-3)15-7-9/h4-5,7H,6,8H2,1-3H3,(H,14,15). The van der Waals surface area contributed by atoms with Crippen LogP contribution in [-0.2, 0) is 16.1 Å². The molecule has 0 spiro atoms. The van der Waals surface area contributed by atoms with Crippen molar-refractivity contribution >= 4 is 17.6 Å². The number of rotatable bonds is 3. The van der Waals surface area contributed by atoms with Crippen LogP contribution in [0.2, 0.25) is 0 Å². The molecule has 1 saturated heterocycles. The van der Waals surface area contributed by atoms with Crippen LogP contribution in [0.5, 0.6) is 0 Å². The van der Waals surface area contributed by atoms with Gasteiger partial charge in [0.1, 0.15) is 5.82 Å². The molecule has 2 rings (SSSR count). The first kappa shape index (κ1) is 12.5. The Hall–Kier alpha value is -1.91. The van der Waals surface area contributed by atoms with E-state index in [0.29, 0.717) is 6.54 Å². The van der Waals surface area contributed by atoms with Crippen molar-refractivity contribution in [1.82, 2.24) is 9.88 Å². The summed E-state index contributed by atoms with van der Waals surface area (Å²) in [5.74, 6) is 0.547. The minimum absolute atomic E-state index is 0.106. The molecular formula is C13H17N3O2. The number of amides is 2. The maximum atomic E-state index is 12.0. The highest BCUT2D eigenvalue weighted by Gasteiger charge is 2.44. The van der Waals surface area contributed by atoms with Gasteiger partial charge >= 0.3 is 0 Å². The van der Waals surface area contributed by atoms with E-state index in [2.05, 4.69) is 10.3 Å². The molecule has 0 radical (unpaired) electrons. The van der Waals surface area contributed by atoms with Crippen molar-refractivity contribution in [3.05, 3.63) is 23.9 Å². The second kappa shape index (κ2) is 4.40. The number of carbonyl (C=O) groups is 2. The number of imide groups is 1. The Morgan fingerprint density at radius 1 is 1.39 bits per heavy atom. The smallest absolute Gasteiger partial charge is 0.235 e. The topological polar surface area (TPSA) is 62.3 Å². The van der Waals surface area contributed by atoms with Crippen molar-refractivity contribution < 1.29 is 9.59 Å². The molecule has 2 amide bonds. The number of aromatic nitrogens is 1. The molecule has 5 nitrogen and oxygen atoms in total. The fourth-order valence-corrected chi connectivity index (χ4v) is 2.04. The molecule has 1 fully saturated rings. The Morgan fingerprint density at radius 3 is 2.56 bits per heavy atom. The van der Waals surface area contributed by atoms with E-state index in [4.69, 9.17) is 0 Å². The first-order chi connectivity index (χ1) is 8.44. The zero-order chi connectivity index (χ0) is 13.3. The molecule has 1 aliphatic rings. The SMILES string of the molecule is CNc1ccc(CN2C(=O)CC(C)(C)C2=O)cn1. The monoisotopic (exact) mass is 247 g/mol. The molecule has 5 heteroatoms. The van der Waals surface area contributed by atoms with E-state index in [0.717, 1.165) is 11.4 Å². The molecule has 0 unspecified atom stereocenters. The third-order valence-corrected chi connectivity index (χ3v) is 3.14. The van der Waals surface area contributed by atoms with Crippen molar-refractivity contribution in [1.29, 1.82) is 0 Å². The van der Waals surface area contributed by atoms with Gasteiger partial charge in [0.05, 0.1) is 12.0 Å². The summed E-state index contributed by atoms with van der Waals surface area (Å²) in [6, 6.07) is 3.69. The molecule has 0 atom stereocenters. The van der Waals surface area contributed by atoms with Crippen LogP contribution < -0.4 is 5.32 Å². The molecule has 1 N–H and O–H groups in total. The summed E-state index contributed by atoms with van der Waals surface area (Å²) >= 11 is 0. The zero-order valence-corrected chi connectivity index (χ0v) is 10.9. The Bertz CT molecular complexity index is 480. The lowest BCUT2D eigenvalue weighted by Gasteiger charge is -2.17. The number of nitrogens with zero attached hydrogens (tertiary/aromatic N) is 2. The van der Waals surface area contributed by atoms with E-state index in [1.165, 1.54) is 4.90 Å². The molecule has 0 saturated carbocycles. The molecule has 18 heavy (non-hydrogen) atoms. The fourth-order valence-electron chi connectivity index (χ4n) is 2.04. The van der Waals surface area contributed by atoms with Gasteiger partial charge in [-0.05, 0) is 11.6 Å². The van der Waals surface area contributed by atoms with Gasteiger partial charge in [0.25, 0.3) is 0 Å². The van der Waals surface area contributed by atoms with Gasteiger partial charge in [-0.15, -0.1) is 0 Å². The molecular weight excluding hydrogens is 230 g/mol. The van der Waals surface area contributed by atoms with E-state index in [1.54, 1.807) is 27.1 Å². The van der Waals surface area contributed by atoms with Gasteiger partial charge in [-0.25, -0.2) is 4.98 Å². The normalized spacial score (nSPS) is 18.3. The first-order valence-corrected chi connectivity index (χ1v) is 5.91. The van der Waals surface area contributed by atoms with Gasteiger partial charge in [-0.2, -0.15) is 0 Å². The Balaban J connectivity index is 2.14. The molecule has 1 aliphatic heterocycles. The molecule has 1 aromatic rings. The largest absolute Gasteiger partial charge is 0.373 e. The van der Waals surface area contributed by atoms with Crippen molar-refractivity contribution in [2.24, 2.45) is 5.41 Å². The van der Waals surface area contributed by atoms with Crippen LogP contribution in [-0.4, -0.2) is 28.7 Å². The van der Waals surface area contributed by atoms with Crippen LogP contribution in [0.3, 0.4) is 0 Å². The van der Waals surface area contributed by atoms with E-state index in [9.17, 15) is 9.59 Å². The Kier molecular flexibility index (Phi) is 3.07.